The molecule has 0 aromatic heterocycles. The first kappa shape index (κ1) is 21.9. The molecule has 2 aromatic rings. The third kappa shape index (κ3) is 6.95. The Morgan fingerprint density at radius 2 is 1.62 bits per heavy atom. The molecule has 154 valence electrons. The molecule has 4 N–H and O–H groups in total. The number of benzene rings is 2. The van der Waals surface area contributed by atoms with Gasteiger partial charge >= 0.3 is 12.0 Å². The smallest absolute Gasteiger partial charge is 0.323 e. The van der Waals surface area contributed by atoms with Crippen molar-refractivity contribution in [3.63, 3.8) is 0 Å². The zero-order chi connectivity index (χ0) is 21.6. The fourth-order valence-corrected chi connectivity index (χ4v) is 2.49. The zero-order valence-corrected chi connectivity index (χ0v) is 17.1. The van der Waals surface area contributed by atoms with E-state index in [9.17, 15) is 14.4 Å². The van der Waals surface area contributed by atoms with Gasteiger partial charge < -0.3 is 21.1 Å². The van der Waals surface area contributed by atoms with Crippen molar-refractivity contribution < 1.29 is 19.5 Å². The molecule has 0 aliphatic rings. The maximum atomic E-state index is 12.4. The second-order valence-electron chi connectivity index (χ2n) is 7.91. The van der Waals surface area contributed by atoms with E-state index in [0.29, 0.717) is 23.5 Å². The van der Waals surface area contributed by atoms with Gasteiger partial charge in [0.2, 0.25) is 5.91 Å². The van der Waals surface area contributed by atoms with E-state index in [0.717, 1.165) is 11.1 Å². The van der Waals surface area contributed by atoms with Crippen molar-refractivity contribution in [3.8, 4) is 0 Å². The van der Waals surface area contributed by atoms with Gasteiger partial charge in [-0.3, -0.25) is 9.59 Å². The molecule has 7 nitrogen and oxygen atoms in total. The molecular weight excluding hydrogens is 370 g/mol. The molecule has 0 fully saturated rings. The summed E-state index contributed by atoms with van der Waals surface area (Å²) in [4.78, 5) is 35.3. The number of hydrogen-bond donors (Lipinski definition) is 4. The molecule has 0 bridgehead atoms. The molecule has 29 heavy (non-hydrogen) atoms. The molecule has 7 heteroatoms. The van der Waals surface area contributed by atoms with Crippen LogP contribution in [0.2, 0.25) is 0 Å². The van der Waals surface area contributed by atoms with Gasteiger partial charge in [0, 0.05) is 28.9 Å². The molecule has 2 aromatic carbocycles. The second kappa shape index (κ2) is 9.23. The van der Waals surface area contributed by atoms with Crippen LogP contribution in [0.25, 0.3) is 0 Å². The molecule has 0 saturated heterocycles. The van der Waals surface area contributed by atoms with Crippen molar-refractivity contribution in [3.05, 3.63) is 53.6 Å². The number of rotatable bonds is 6. The highest BCUT2D eigenvalue weighted by molar-refractivity contribution is 6.01. The molecule has 0 heterocycles. The predicted octanol–water partition coefficient (Wildman–Crippen LogP) is 4.64. The Balaban J connectivity index is 2.05. The predicted molar refractivity (Wildman–Crippen MR) is 114 cm³/mol. The summed E-state index contributed by atoms with van der Waals surface area (Å²) in [5.74, 6) is -0.982. The van der Waals surface area contributed by atoms with Crippen molar-refractivity contribution in [1.29, 1.82) is 0 Å². The number of carboxylic acid groups (broad SMARTS) is 1. The highest BCUT2D eigenvalue weighted by Crippen LogP contribution is 2.23. The Labute approximate surface area is 170 Å². The third-order valence-electron chi connectivity index (χ3n) is 4.24. The van der Waals surface area contributed by atoms with Crippen molar-refractivity contribution in [2.75, 3.05) is 16.0 Å². The van der Waals surface area contributed by atoms with E-state index in [-0.39, 0.29) is 12.3 Å². The van der Waals surface area contributed by atoms with Crippen molar-refractivity contribution >= 4 is 35.0 Å². The van der Waals surface area contributed by atoms with Crippen LogP contribution in [-0.4, -0.2) is 23.0 Å². The highest BCUT2D eigenvalue weighted by Gasteiger charge is 2.21. The first-order valence-corrected chi connectivity index (χ1v) is 9.35. The number of carboxylic acids is 1. The van der Waals surface area contributed by atoms with Gasteiger partial charge in [-0.15, -0.1) is 0 Å². The molecule has 0 atom stereocenters. The van der Waals surface area contributed by atoms with Gasteiger partial charge in [0.15, 0.2) is 0 Å². The minimum Gasteiger partial charge on any atom is -0.481 e. The van der Waals surface area contributed by atoms with Crippen LogP contribution < -0.4 is 16.0 Å². The van der Waals surface area contributed by atoms with Crippen LogP contribution in [0.4, 0.5) is 21.9 Å². The number of aryl methyl sites for hydroxylation is 2. The number of hydrogen-bond acceptors (Lipinski definition) is 3. The fourth-order valence-electron chi connectivity index (χ4n) is 2.49. The Morgan fingerprint density at radius 1 is 0.931 bits per heavy atom. The van der Waals surface area contributed by atoms with E-state index in [4.69, 9.17) is 5.11 Å². The molecule has 0 aliphatic heterocycles. The molecule has 0 saturated carbocycles. The zero-order valence-electron chi connectivity index (χ0n) is 17.1. The summed E-state index contributed by atoms with van der Waals surface area (Å²) in [5.41, 5.74) is 2.90. The summed E-state index contributed by atoms with van der Waals surface area (Å²) in [6.45, 7) is 7.34. The lowest BCUT2D eigenvalue weighted by Crippen LogP contribution is -2.27. The van der Waals surface area contributed by atoms with Gasteiger partial charge in [0.25, 0.3) is 0 Å². The van der Waals surface area contributed by atoms with Crippen LogP contribution in [0.5, 0.6) is 0 Å². The maximum Gasteiger partial charge on any atom is 0.323 e. The van der Waals surface area contributed by atoms with Crippen molar-refractivity contribution in [2.24, 2.45) is 5.41 Å². The minimum atomic E-state index is -0.866. The number of carbonyl (C=O) groups excluding carboxylic acids is 2. The van der Waals surface area contributed by atoms with Crippen LogP contribution >= 0.6 is 0 Å². The van der Waals surface area contributed by atoms with E-state index >= 15 is 0 Å². The summed E-state index contributed by atoms with van der Waals surface area (Å²) in [5, 5.41) is 17.2. The minimum absolute atomic E-state index is 0.0297. The molecular formula is C22H27N3O4. The quantitative estimate of drug-likeness (QED) is 0.569. The fraction of sp³-hybridized carbons (Fsp3) is 0.318. The molecule has 0 radical (unpaired) electrons. The molecule has 2 rings (SSSR count). The average Bonchev–Trinajstić information content (AvgIpc) is 2.62. The molecule has 0 aliphatic carbocycles. The SMILES string of the molecule is Cc1ccc(NC(=O)C(C)(C)C)cc1NC(=O)Nc1cccc(CCC(=O)O)c1. The van der Waals surface area contributed by atoms with Gasteiger partial charge in [0.1, 0.15) is 0 Å². The highest BCUT2D eigenvalue weighted by atomic mass is 16.4. The van der Waals surface area contributed by atoms with Gasteiger partial charge in [-0.05, 0) is 48.7 Å². The standard InChI is InChI=1S/C22H27N3O4/c1-14-8-10-17(23-20(28)22(2,3)4)13-18(14)25-21(29)24-16-7-5-6-15(12-16)9-11-19(26)27/h5-8,10,12-13H,9,11H2,1-4H3,(H,23,28)(H,26,27)(H2,24,25,29). The summed E-state index contributed by atoms with van der Waals surface area (Å²) in [7, 11) is 0. The first-order valence-electron chi connectivity index (χ1n) is 9.35. The second-order valence-corrected chi connectivity index (χ2v) is 7.91. The van der Waals surface area contributed by atoms with E-state index < -0.39 is 17.4 Å². The van der Waals surface area contributed by atoms with Crippen LogP contribution in [0.1, 0.15) is 38.3 Å². The van der Waals surface area contributed by atoms with Crippen molar-refractivity contribution in [1.82, 2.24) is 0 Å². The Morgan fingerprint density at radius 3 is 2.28 bits per heavy atom. The van der Waals surface area contributed by atoms with Crippen LogP contribution in [0, 0.1) is 12.3 Å². The normalized spacial score (nSPS) is 10.9. The third-order valence-corrected chi connectivity index (χ3v) is 4.24. The Bertz CT molecular complexity index is 917. The Kier molecular flexibility index (Phi) is 6.98. The summed E-state index contributed by atoms with van der Waals surface area (Å²) in [6, 6.07) is 11.9. The number of carbonyl (C=O) groups is 3. The van der Waals surface area contributed by atoms with Crippen LogP contribution in [0.15, 0.2) is 42.5 Å². The van der Waals surface area contributed by atoms with Crippen molar-refractivity contribution in [2.45, 2.75) is 40.5 Å². The number of urea groups is 1. The lowest BCUT2D eigenvalue weighted by molar-refractivity contribution is -0.137. The summed E-state index contributed by atoms with van der Waals surface area (Å²) < 4.78 is 0. The van der Waals surface area contributed by atoms with Gasteiger partial charge in [-0.1, -0.05) is 39.0 Å². The summed E-state index contributed by atoms with van der Waals surface area (Å²) in [6.07, 6.45) is 0.420. The number of anilines is 3. The molecule has 0 unspecified atom stereocenters. The topological polar surface area (TPSA) is 108 Å². The number of aliphatic carboxylic acids is 1. The van der Waals surface area contributed by atoms with Gasteiger partial charge in [-0.2, -0.15) is 0 Å². The maximum absolute atomic E-state index is 12.4. The van der Waals surface area contributed by atoms with Gasteiger partial charge in [0.05, 0.1) is 0 Å². The van der Waals surface area contributed by atoms with Gasteiger partial charge in [-0.25, -0.2) is 4.79 Å². The van der Waals surface area contributed by atoms with E-state index in [2.05, 4.69) is 16.0 Å². The molecule has 3 amide bonds. The first-order chi connectivity index (χ1) is 13.5. The number of nitrogens with one attached hydrogen (secondary N) is 3. The monoisotopic (exact) mass is 397 g/mol. The Hall–Kier alpha value is -3.35. The largest absolute Gasteiger partial charge is 0.481 e. The number of amides is 3. The average molecular weight is 397 g/mol. The van der Waals surface area contributed by atoms with E-state index in [1.54, 1.807) is 30.3 Å². The lowest BCUT2D eigenvalue weighted by atomic mass is 9.95. The summed E-state index contributed by atoms with van der Waals surface area (Å²) >= 11 is 0. The van der Waals surface area contributed by atoms with E-state index in [1.807, 2.05) is 39.8 Å². The van der Waals surface area contributed by atoms with Crippen LogP contribution in [-0.2, 0) is 16.0 Å². The van der Waals surface area contributed by atoms with Crippen LogP contribution in [0.3, 0.4) is 0 Å². The molecule has 0 spiro atoms. The lowest BCUT2D eigenvalue weighted by Gasteiger charge is -2.18. The van der Waals surface area contributed by atoms with E-state index in [1.165, 1.54) is 0 Å².